The molecule has 0 bridgehead atoms. The molecule has 0 saturated carbocycles. The molecule has 0 aromatic heterocycles. The minimum atomic E-state index is -0.832. The highest BCUT2D eigenvalue weighted by molar-refractivity contribution is 6.24. The Balaban J connectivity index is 1.56. The second kappa shape index (κ2) is 17.1. The fourth-order valence-electron chi connectivity index (χ4n) is 7.52. The molecule has 4 aromatic rings. The minimum Gasteiger partial charge on any atom is -0.497 e. The zero-order chi connectivity index (χ0) is 40.1. The van der Waals surface area contributed by atoms with E-state index >= 15 is 4.39 Å². The largest absolute Gasteiger partial charge is 0.497 e. The lowest BCUT2D eigenvalue weighted by Gasteiger charge is -2.43. The Bertz CT molecular complexity index is 2090. The zero-order valence-electron chi connectivity index (χ0n) is 32.4. The third kappa shape index (κ3) is 7.31. The second-order valence-corrected chi connectivity index (χ2v) is 12.9. The van der Waals surface area contributed by atoms with Crippen LogP contribution < -0.4 is 47.9 Å². The summed E-state index contributed by atoms with van der Waals surface area (Å²) < 4.78 is 71.9. The van der Waals surface area contributed by atoms with Crippen molar-refractivity contribution in [3.63, 3.8) is 0 Å². The van der Waals surface area contributed by atoms with E-state index in [1.54, 1.807) is 24.3 Å². The number of hydrogen-bond donors (Lipinski definition) is 1. The minimum absolute atomic E-state index is 0.0111. The highest BCUT2D eigenvalue weighted by atomic mass is 19.1. The summed E-state index contributed by atoms with van der Waals surface area (Å²) in [6.45, 7) is 0.0553. The van der Waals surface area contributed by atoms with Crippen LogP contribution in [0.2, 0.25) is 0 Å². The number of fused-ring (bicyclic) bond motifs is 2. The molecule has 4 aromatic carbocycles. The Morgan fingerprint density at radius 1 is 0.750 bits per heavy atom. The van der Waals surface area contributed by atoms with Crippen molar-refractivity contribution in [1.82, 2.24) is 5.32 Å². The maximum atomic E-state index is 15.4. The highest BCUT2D eigenvalue weighted by Crippen LogP contribution is 2.53. The van der Waals surface area contributed by atoms with E-state index < -0.39 is 35.5 Å². The first kappa shape index (κ1) is 39.5. The van der Waals surface area contributed by atoms with E-state index in [2.05, 4.69) is 5.32 Å². The van der Waals surface area contributed by atoms with Crippen LogP contribution in [0, 0.1) is 17.7 Å². The van der Waals surface area contributed by atoms with Crippen LogP contribution in [0.4, 0.5) is 4.39 Å². The summed E-state index contributed by atoms with van der Waals surface area (Å²) in [5, 5.41) is 3.19. The van der Waals surface area contributed by atoms with Crippen molar-refractivity contribution >= 4 is 23.8 Å². The van der Waals surface area contributed by atoms with Crippen molar-refractivity contribution in [2.45, 2.75) is 12.0 Å². The SMILES string of the molecule is COCC1C(NC(=O)C(=Cc2cc(OC)ccc2F)c2cc(OC)c(OC)c(OC)c2)c2cc3c(cc2C(c2cc(OC)c(OC)c(OC)c2)C1C=O)OCO3. The predicted molar refractivity (Wildman–Crippen MR) is 203 cm³/mol. The fraction of sp³-hybridized carbons (Fsp3) is 0.333. The van der Waals surface area contributed by atoms with Crippen LogP contribution in [-0.4, -0.2) is 82.5 Å². The molecule has 13 nitrogen and oxygen atoms in total. The monoisotopic (exact) mass is 773 g/mol. The van der Waals surface area contributed by atoms with Gasteiger partial charge in [0.25, 0.3) is 5.91 Å². The second-order valence-electron chi connectivity index (χ2n) is 12.9. The molecule has 0 fully saturated rings. The maximum Gasteiger partial charge on any atom is 0.252 e. The van der Waals surface area contributed by atoms with Crippen LogP contribution in [0.1, 0.15) is 39.8 Å². The number of methoxy groups -OCH3 is 8. The molecular formula is C42H44FNO12. The smallest absolute Gasteiger partial charge is 0.252 e. The summed E-state index contributed by atoms with van der Waals surface area (Å²) in [5.74, 6) is 0.180. The Morgan fingerprint density at radius 3 is 1.84 bits per heavy atom. The van der Waals surface area contributed by atoms with E-state index in [1.807, 2.05) is 12.1 Å². The number of halogens is 1. The molecule has 1 aliphatic heterocycles. The maximum absolute atomic E-state index is 15.4. The molecule has 4 atom stereocenters. The Labute approximate surface area is 324 Å². The third-order valence-corrected chi connectivity index (χ3v) is 10.1. The number of amides is 1. The Hall–Kier alpha value is -6.15. The van der Waals surface area contributed by atoms with Crippen molar-refractivity contribution in [2.24, 2.45) is 11.8 Å². The van der Waals surface area contributed by atoms with Crippen LogP contribution >= 0.6 is 0 Å². The number of nitrogens with one attached hydrogen (secondary N) is 1. The topological polar surface area (TPSA) is 138 Å². The van der Waals surface area contributed by atoms with Gasteiger partial charge in [-0.05, 0) is 82.9 Å². The van der Waals surface area contributed by atoms with Gasteiger partial charge in [0.15, 0.2) is 34.5 Å². The van der Waals surface area contributed by atoms with Gasteiger partial charge in [-0.3, -0.25) is 4.79 Å². The van der Waals surface area contributed by atoms with Gasteiger partial charge in [0.1, 0.15) is 17.9 Å². The molecule has 4 unspecified atom stereocenters. The van der Waals surface area contributed by atoms with Crippen LogP contribution in [0.5, 0.6) is 51.7 Å². The third-order valence-electron chi connectivity index (χ3n) is 10.1. The number of rotatable bonds is 15. The fourth-order valence-corrected chi connectivity index (χ4v) is 7.52. The average Bonchev–Trinajstić information content (AvgIpc) is 3.69. The first-order valence-corrected chi connectivity index (χ1v) is 17.5. The number of hydrogen-bond acceptors (Lipinski definition) is 12. The predicted octanol–water partition coefficient (Wildman–Crippen LogP) is 6.24. The number of ether oxygens (including phenoxy) is 10. The molecule has 0 saturated heterocycles. The lowest BCUT2D eigenvalue weighted by Crippen LogP contribution is -2.45. The molecule has 2 aliphatic rings. The number of carbonyl (C=O) groups excluding carboxylic acids is 2. The molecule has 56 heavy (non-hydrogen) atoms. The molecule has 296 valence electrons. The van der Waals surface area contributed by atoms with Crippen LogP contribution in [-0.2, 0) is 14.3 Å². The molecule has 1 heterocycles. The molecule has 0 spiro atoms. The molecule has 1 N–H and O–H groups in total. The summed E-state index contributed by atoms with van der Waals surface area (Å²) in [6, 6.07) is 13.8. The molecule has 1 aliphatic carbocycles. The van der Waals surface area contributed by atoms with Gasteiger partial charge in [0, 0.05) is 36.0 Å². The normalized spacial score (nSPS) is 18.3. The van der Waals surface area contributed by atoms with Gasteiger partial charge >= 0.3 is 0 Å². The average molecular weight is 774 g/mol. The highest BCUT2D eigenvalue weighted by Gasteiger charge is 2.46. The lowest BCUT2D eigenvalue weighted by atomic mass is 9.64. The van der Waals surface area contributed by atoms with Crippen molar-refractivity contribution in [2.75, 3.05) is 70.3 Å². The first-order chi connectivity index (χ1) is 27.2. The van der Waals surface area contributed by atoms with Crippen molar-refractivity contribution in [3.8, 4) is 51.7 Å². The summed E-state index contributed by atoms with van der Waals surface area (Å²) in [4.78, 5) is 28.4. The summed E-state index contributed by atoms with van der Waals surface area (Å²) >= 11 is 0. The Morgan fingerprint density at radius 2 is 1.32 bits per heavy atom. The van der Waals surface area contributed by atoms with Gasteiger partial charge in [-0.2, -0.15) is 0 Å². The first-order valence-electron chi connectivity index (χ1n) is 17.5. The van der Waals surface area contributed by atoms with E-state index in [4.69, 9.17) is 47.4 Å². The van der Waals surface area contributed by atoms with E-state index in [9.17, 15) is 9.59 Å². The van der Waals surface area contributed by atoms with Gasteiger partial charge in [0.05, 0.1) is 62.4 Å². The van der Waals surface area contributed by atoms with E-state index in [-0.39, 0.29) is 36.0 Å². The van der Waals surface area contributed by atoms with E-state index in [1.165, 1.54) is 81.2 Å². The van der Waals surface area contributed by atoms with E-state index in [0.29, 0.717) is 62.5 Å². The standard InChI is InChI=1S/C42H44FNO12/c1-47-20-30-29(19-45)38(24-15-36(51-5)41(54-8)37(16-24)52-6)27-17-32-33(56-21-55-32)18-28(27)39(30)44-42(46)26(12-23-11-25(48-2)9-10-31(23)43)22-13-34(49-3)40(53-7)35(14-22)50-4/h9-19,29-30,38-39H,20-21H2,1-8H3,(H,44,46). The molecule has 14 heteroatoms. The Kier molecular flexibility index (Phi) is 12.1. The zero-order valence-corrected chi connectivity index (χ0v) is 32.4. The van der Waals surface area contributed by atoms with Crippen molar-refractivity contribution < 1.29 is 61.3 Å². The van der Waals surface area contributed by atoms with Crippen molar-refractivity contribution in [1.29, 1.82) is 0 Å². The number of aldehydes is 1. The molecule has 0 radical (unpaired) electrons. The van der Waals surface area contributed by atoms with Gasteiger partial charge in [-0.1, -0.05) is 0 Å². The number of benzene rings is 4. The van der Waals surface area contributed by atoms with Crippen molar-refractivity contribution in [3.05, 3.63) is 88.2 Å². The van der Waals surface area contributed by atoms with Gasteiger partial charge < -0.3 is 57.5 Å². The lowest BCUT2D eigenvalue weighted by molar-refractivity contribution is -0.119. The van der Waals surface area contributed by atoms with E-state index in [0.717, 1.165) is 6.29 Å². The summed E-state index contributed by atoms with van der Waals surface area (Å²) in [5.41, 5.74) is 2.48. The summed E-state index contributed by atoms with van der Waals surface area (Å²) in [6.07, 6.45) is 2.28. The van der Waals surface area contributed by atoms with Gasteiger partial charge in [0.2, 0.25) is 18.3 Å². The number of carbonyl (C=O) groups is 2. The quantitative estimate of drug-likeness (QED) is 0.0832. The summed E-state index contributed by atoms with van der Waals surface area (Å²) in [7, 11) is 11.9. The molecular weight excluding hydrogens is 729 g/mol. The van der Waals surface area contributed by atoms with Gasteiger partial charge in [-0.25, -0.2) is 4.39 Å². The van der Waals surface area contributed by atoms with Crippen LogP contribution in [0.15, 0.2) is 54.6 Å². The molecule has 6 rings (SSSR count). The molecule has 1 amide bonds. The van der Waals surface area contributed by atoms with Crippen LogP contribution in [0.3, 0.4) is 0 Å². The van der Waals surface area contributed by atoms with Crippen LogP contribution in [0.25, 0.3) is 11.6 Å². The van der Waals surface area contributed by atoms with Gasteiger partial charge in [-0.15, -0.1) is 0 Å².